The zero-order valence-electron chi connectivity index (χ0n) is 10.7. The van der Waals surface area contributed by atoms with Gasteiger partial charge in [-0.1, -0.05) is 28.1 Å². The number of rotatable bonds is 8. The lowest BCUT2D eigenvalue weighted by molar-refractivity contribution is -0.121. The molecule has 0 unspecified atom stereocenters. The molecule has 0 radical (unpaired) electrons. The van der Waals surface area contributed by atoms with Crippen molar-refractivity contribution in [2.45, 2.75) is 26.2 Å². The molecule has 0 fully saturated rings. The summed E-state index contributed by atoms with van der Waals surface area (Å²) < 4.78 is 6.25. The summed E-state index contributed by atoms with van der Waals surface area (Å²) in [5, 5.41) is 2.90. The molecule has 0 bridgehead atoms. The number of ether oxygens (including phenoxy) is 1. The Hall–Kier alpha value is -0.870. The summed E-state index contributed by atoms with van der Waals surface area (Å²) in [5.41, 5.74) is 1.17. The lowest BCUT2D eigenvalue weighted by Crippen LogP contribution is -2.25. The van der Waals surface area contributed by atoms with E-state index in [0.717, 1.165) is 23.9 Å². The highest BCUT2D eigenvalue weighted by atomic mass is 79.9. The van der Waals surface area contributed by atoms with Crippen molar-refractivity contribution in [3.8, 4) is 0 Å². The largest absolute Gasteiger partial charge is 0.382 e. The number of amides is 1. The summed E-state index contributed by atoms with van der Waals surface area (Å²) in [6.45, 7) is 4.10. The molecule has 0 aromatic heterocycles. The molecule has 0 heterocycles. The van der Waals surface area contributed by atoms with Crippen LogP contribution in [0.15, 0.2) is 28.7 Å². The van der Waals surface area contributed by atoms with Gasteiger partial charge in [0.2, 0.25) is 5.91 Å². The van der Waals surface area contributed by atoms with Gasteiger partial charge in [-0.2, -0.15) is 0 Å². The van der Waals surface area contributed by atoms with E-state index in [1.165, 1.54) is 5.56 Å². The first-order valence-electron chi connectivity index (χ1n) is 6.31. The molecule has 0 aliphatic heterocycles. The molecule has 0 atom stereocenters. The molecule has 1 rings (SSSR count). The average Bonchev–Trinajstić information content (AvgIpc) is 2.36. The summed E-state index contributed by atoms with van der Waals surface area (Å²) in [6.07, 6.45) is 2.18. The van der Waals surface area contributed by atoms with Crippen molar-refractivity contribution in [1.29, 1.82) is 0 Å². The Labute approximate surface area is 117 Å². The van der Waals surface area contributed by atoms with Crippen molar-refractivity contribution in [3.05, 3.63) is 34.3 Å². The van der Waals surface area contributed by atoms with Gasteiger partial charge in [0.25, 0.3) is 0 Å². The predicted molar refractivity (Wildman–Crippen MR) is 76.6 cm³/mol. The maximum absolute atomic E-state index is 11.6. The Morgan fingerprint density at radius 1 is 1.44 bits per heavy atom. The van der Waals surface area contributed by atoms with Gasteiger partial charge in [0.05, 0.1) is 0 Å². The first-order valence-corrected chi connectivity index (χ1v) is 7.10. The first-order chi connectivity index (χ1) is 8.72. The number of aryl methyl sites for hydroxylation is 1. The minimum Gasteiger partial charge on any atom is -0.382 e. The SMILES string of the molecule is CCOCCCNC(=O)CCc1cccc(Br)c1. The maximum Gasteiger partial charge on any atom is 0.220 e. The molecular formula is C14H20BrNO2. The number of halogens is 1. The Balaban J connectivity index is 2.13. The van der Waals surface area contributed by atoms with Gasteiger partial charge in [0.15, 0.2) is 0 Å². The van der Waals surface area contributed by atoms with E-state index in [1.54, 1.807) is 0 Å². The molecule has 18 heavy (non-hydrogen) atoms. The number of carbonyl (C=O) groups is 1. The Morgan fingerprint density at radius 2 is 2.28 bits per heavy atom. The van der Waals surface area contributed by atoms with Crippen molar-refractivity contribution in [3.63, 3.8) is 0 Å². The van der Waals surface area contributed by atoms with E-state index in [4.69, 9.17) is 4.74 Å². The standard InChI is InChI=1S/C14H20BrNO2/c1-2-18-10-4-9-16-14(17)8-7-12-5-3-6-13(15)11-12/h3,5-6,11H,2,4,7-10H2,1H3,(H,16,17). The average molecular weight is 314 g/mol. The molecule has 0 spiro atoms. The molecule has 1 amide bonds. The second-order valence-electron chi connectivity index (χ2n) is 4.03. The van der Waals surface area contributed by atoms with Crippen molar-refractivity contribution >= 4 is 21.8 Å². The Morgan fingerprint density at radius 3 is 3.00 bits per heavy atom. The molecular weight excluding hydrogens is 294 g/mol. The third kappa shape index (κ3) is 6.77. The zero-order chi connectivity index (χ0) is 13.2. The van der Waals surface area contributed by atoms with Crippen molar-refractivity contribution in [1.82, 2.24) is 5.32 Å². The second-order valence-corrected chi connectivity index (χ2v) is 4.95. The van der Waals surface area contributed by atoms with Gasteiger partial charge in [0.1, 0.15) is 0 Å². The van der Waals surface area contributed by atoms with Gasteiger partial charge in [0, 0.05) is 30.7 Å². The smallest absolute Gasteiger partial charge is 0.220 e. The van der Waals surface area contributed by atoms with E-state index in [0.29, 0.717) is 19.6 Å². The van der Waals surface area contributed by atoms with Crippen LogP contribution in [0.2, 0.25) is 0 Å². The number of hydrogen-bond donors (Lipinski definition) is 1. The summed E-state index contributed by atoms with van der Waals surface area (Å²) in [6, 6.07) is 8.05. The van der Waals surface area contributed by atoms with E-state index in [-0.39, 0.29) is 5.91 Å². The fourth-order valence-corrected chi connectivity index (χ4v) is 2.03. The van der Waals surface area contributed by atoms with E-state index >= 15 is 0 Å². The minimum atomic E-state index is 0.103. The highest BCUT2D eigenvalue weighted by Crippen LogP contribution is 2.12. The van der Waals surface area contributed by atoms with Crippen LogP contribution in [-0.2, 0) is 16.0 Å². The lowest BCUT2D eigenvalue weighted by atomic mass is 10.1. The van der Waals surface area contributed by atoms with Crippen LogP contribution in [0.25, 0.3) is 0 Å². The van der Waals surface area contributed by atoms with Crippen LogP contribution in [0.4, 0.5) is 0 Å². The summed E-state index contributed by atoms with van der Waals surface area (Å²) >= 11 is 3.42. The van der Waals surface area contributed by atoms with Crippen LogP contribution < -0.4 is 5.32 Å². The lowest BCUT2D eigenvalue weighted by Gasteiger charge is -2.05. The molecule has 0 aliphatic carbocycles. The van der Waals surface area contributed by atoms with E-state index in [1.807, 2.05) is 31.2 Å². The minimum absolute atomic E-state index is 0.103. The van der Waals surface area contributed by atoms with Crippen LogP contribution in [0, 0.1) is 0 Å². The van der Waals surface area contributed by atoms with Gasteiger partial charge in [-0.05, 0) is 37.5 Å². The fraction of sp³-hybridized carbons (Fsp3) is 0.500. The highest BCUT2D eigenvalue weighted by Gasteiger charge is 2.02. The quantitative estimate of drug-likeness (QED) is 0.749. The maximum atomic E-state index is 11.6. The highest BCUT2D eigenvalue weighted by molar-refractivity contribution is 9.10. The Kier molecular flexibility index (Phi) is 7.69. The molecule has 0 saturated heterocycles. The van der Waals surface area contributed by atoms with Crippen molar-refractivity contribution in [2.24, 2.45) is 0 Å². The van der Waals surface area contributed by atoms with Gasteiger partial charge in [-0.25, -0.2) is 0 Å². The van der Waals surface area contributed by atoms with Gasteiger partial charge >= 0.3 is 0 Å². The third-order valence-electron chi connectivity index (χ3n) is 2.52. The molecule has 1 aromatic rings. The number of carbonyl (C=O) groups excluding carboxylic acids is 1. The third-order valence-corrected chi connectivity index (χ3v) is 3.01. The first kappa shape index (κ1) is 15.2. The summed E-state index contributed by atoms with van der Waals surface area (Å²) in [7, 11) is 0. The monoisotopic (exact) mass is 313 g/mol. The summed E-state index contributed by atoms with van der Waals surface area (Å²) in [4.78, 5) is 11.6. The van der Waals surface area contributed by atoms with Gasteiger partial charge < -0.3 is 10.1 Å². The molecule has 3 nitrogen and oxygen atoms in total. The van der Waals surface area contributed by atoms with Crippen molar-refractivity contribution < 1.29 is 9.53 Å². The molecule has 1 aromatic carbocycles. The van der Waals surface area contributed by atoms with Crippen LogP contribution in [0.5, 0.6) is 0 Å². The van der Waals surface area contributed by atoms with E-state index in [9.17, 15) is 4.79 Å². The van der Waals surface area contributed by atoms with E-state index in [2.05, 4.69) is 21.2 Å². The number of nitrogens with one attached hydrogen (secondary N) is 1. The second kappa shape index (κ2) is 9.11. The van der Waals surface area contributed by atoms with Crippen LogP contribution >= 0.6 is 15.9 Å². The number of hydrogen-bond acceptors (Lipinski definition) is 2. The zero-order valence-corrected chi connectivity index (χ0v) is 12.3. The molecule has 4 heteroatoms. The number of benzene rings is 1. The molecule has 0 aliphatic rings. The van der Waals surface area contributed by atoms with E-state index < -0.39 is 0 Å². The Bertz CT molecular complexity index is 369. The van der Waals surface area contributed by atoms with Crippen LogP contribution in [0.3, 0.4) is 0 Å². The predicted octanol–water partition coefficient (Wildman–Crippen LogP) is 2.92. The van der Waals surface area contributed by atoms with Crippen LogP contribution in [-0.4, -0.2) is 25.7 Å². The van der Waals surface area contributed by atoms with Crippen LogP contribution in [0.1, 0.15) is 25.3 Å². The van der Waals surface area contributed by atoms with Gasteiger partial charge in [-0.15, -0.1) is 0 Å². The topological polar surface area (TPSA) is 38.3 Å². The fourth-order valence-electron chi connectivity index (χ4n) is 1.59. The molecule has 100 valence electrons. The molecule has 0 saturated carbocycles. The van der Waals surface area contributed by atoms with Crippen molar-refractivity contribution in [2.75, 3.05) is 19.8 Å². The normalized spacial score (nSPS) is 10.3. The van der Waals surface area contributed by atoms with Gasteiger partial charge in [-0.3, -0.25) is 4.79 Å². The molecule has 1 N–H and O–H groups in total. The summed E-state index contributed by atoms with van der Waals surface area (Å²) in [5.74, 6) is 0.103.